The molecule has 4 nitrogen and oxygen atoms in total. The number of amides is 2. The first kappa shape index (κ1) is 25.2. The van der Waals surface area contributed by atoms with Crippen molar-refractivity contribution in [2.45, 2.75) is 65.5 Å². The summed E-state index contributed by atoms with van der Waals surface area (Å²) in [5.74, 6) is 0.178. The average molecular weight is 463 g/mol. The lowest BCUT2D eigenvalue weighted by molar-refractivity contribution is -0.140. The second-order valence-electron chi connectivity index (χ2n) is 8.09. The van der Waals surface area contributed by atoms with Crippen LogP contribution in [0, 0.1) is 0 Å². The predicted octanol–water partition coefficient (Wildman–Crippen LogP) is 5.99. The summed E-state index contributed by atoms with van der Waals surface area (Å²) < 4.78 is 0. The molecule has 0 spiro atoms. The number of rotatable bonds is 10. The van der Waals surface area contributed by atoms with Crippen molar-refractivity contribution in [3.05, 3.63) is 69.2 Å². The third-order valence-electron chi connectivity index (χ3n) is 5.38. The fourth-order valence-corrected chi connectivity index (χ4v) is 3.81. The van der Waals surface area contributed by atoms with Crippen molar-refractivity contribution in [2.24, 2.45) is 0 Å². The number of benzene rings is 2. The Kier molecular flexibility index (Phi) is 9.86. The Morgan fingerprint density at radius 2 is 1.61 bits per heavy atom. The Morgan fingerprint density at radius 1 is 1.00 bits per heavy atom. The molecule has 2 aromatic rings. The Bertz CT molecular complexity index is 861. The zero-order valence-corrected chi connectivity index (χ0v) is 20.3. The molecule has 31 heavy (non-hydrogen) atoms. The number of carbonyl (C=O) groups is 2. The summed E-state index contributed by atoms with van der Waals surface area (Å²) in [6, 6.07) is 12.9. The van der Waals surface area contributed by atoms with Crippen molar-refractivity contribution in [1.82, 2.24) is 10.2 Å². The topological polar surface area (TPSA) is 49.4 Å². The monoisotopic (exact) mass is 462 g/mol. The van der Waals surface area contributed by atoms with Gasteiger partial charge in [-0.25, -0.2) is 0 Å². The molecule has 0 aromatic heterocycles. The van der Waals surface area contributed by atoms with E-state index in [4.69, 9.17) is 23.2 Å². The van der Waals surface area contributed by atoms with Crippen molar-refractivity contribution in [3.63, 3.8) is 0 Å². The second kappa shape index (κ2) is 12.1. The van der Waals surface area contributed by atoms with Gasteiger partial charge in [-0.3, -0.25) is 9.59 Å². The maximum absolute atomic E-state index is 13.2. The molecule has 2 amide bonds. The van der Waals surface area contributed by atoms with E-state index in [0.29, 0.717) is 40.9 Å². The van der Waals surface area contributed by atoms with Gasteiger partial charge in [0.2, 0.25) is 11.8 Å². The highest BCUT2D eigenvalue weighted by Gasteiger charge is 2.27. The van der Waals surface area contributed by atoms with Crippen LogP contribution in [0.4, 0.5) is 0 Å². The molecule has 0 heterocycles. The molecule has 0 fully saturated rings. The first-order valence-corrected chi connectivity index (χ1v) is 11.6. The maximum Gasteiger partial charge on any atom is 0.242 e. The lowest BCUT2D eigenvalue weighted by Gasteiger charge is -2.29. The lowest BCUT2D eigenvalue weighted by Crippen LogP contribution is -2.47. The summed E-state index contributed by atoms with van der Waals surface area (Å²) in [4.78, 5) is 27.4. The predicted molar refractivity (Wildman–Crippen MR) is 129 cm³/mol. The SMILES string of the molecule is CCCNC(=O)[C@@H](C)N(Cc1c(Cl)cccc1Cl)C(=O)CCc1ccc(C(C)C)cc1. The van der Waals surface area contributed by atoms with Crippen LogP contribution in [0.5, 0.6) is 0 Å². The largest absolute Gasteiger partial charge is 0.354 e. The molecule has 0 aliphatic heterocycles. The molecule has 0 saturated carbocycles. The number of halogens is 2. The fourth-order valence-electron chi connectivity index (χ4n) is 3.30. The number of hydrogen-bond acceptors (Lipinski definition) is 2. The average Bonchev–Trinajstić information content (AvgIpc) is 2.75. The standard InChI is InChI=1S/C25H32Cl2N2O2/c1-5-15-28-25(31)18(4)29(16-21-22(26)7-6-8-23(21)27)24(30)14-11-19-9-12-20(13-10-19)17(2)3/h6-10,12-13,17-18H,5,11,14-16H2,1-4H3,(H,28,31)/t18-/m1/s1. The van der Waals surface area contributed by atoms with E-state index in [2.05, 4.69) is 43.4 Å². The van der Waals surface area contributed by atoms with Crippen LogP contribution in [-0.4, -0.2) is 29.3 Å². The normalized spacial score (nSPS) is 12.0. The highest BCUT2D eigenvalue weighted by molar-refractivity contribution is 6.36. The van der Waals surface area contributed by atoms with Gasteiger partial charge in [-0.2, -0.15) is 0 Å². The van der Waals surface area contributed by atoms with Crippen LogP contribution < -0.4 is 5.32 Å². The Morgan fingerprint density at radius 3 is 2.16 bits per heavy atom. The van der Waals surface area contributed by atoms with E-state index in [1.165, 1.54) is 5.56 Å². The highest BCUT2D eigenvalue weighted by atomic mass is 35.5. The first-order chi connectivity index (χ1) is 14.7. The van der Waals surface area contributed by atoms with Gasteiger partial charge in [0, 0.05) is 35.1 Å². The fraction of sp³-hybridized carbons (Fsp3) is 0.440. The van der Waals surface area contributed by atoms with Gasteiger partial charge in [-0.05, 0) is 48.9 Å². The van der Waals surface area contributed by atoms with Crippen LogP contribution in [0.2, 0.25) is 10.0 Å². The van der Waals surface area contributed by atoms with Crippen LogP contribution in [-0.2, 0) is 22.6 Å². The summed E-state index contributed by atoms with van der Waals surface area (Å²) >= 11 is 12.7. The van der Waals surface area contributed by atoms with Crippen LogP contribution in [0.1, 0.15) is 63.1 Å². The summed E-state index contributed by atoms with van der Waals surface area (Å²) in [5, 5.41) is 3.84. The maximum atomic E-state index is 13.2. The number of carbonyl (C=O) groups excluding carboxylic acids is 2. The molecule has 1 N–H and O–H groups in total. The minimum absolute atomic E-state index is 0.108. The van der Waals surface area contributed by atoms with Gasteiger partial charge >= 0.3 is 0 Å². The molecule has 0 saturated heterocycles. The number of nitrogens with one attached hydrogen (secondary N) is 1. The zero-order chi connectivity index (χ0) is 23.0. The van der Waals surface area contributed by atoms with Crippen LogP contribution in [0.15, 0.2) is 42.5 Å². The number of hydrogen-bond donors (Lipinski definition) is 1. The van der Waals surface area contributed by atoms with Gasteiger partial charge in [0.05, 0.1) is 0 Å². The van der Waals surface area contributed by atoms with Crippen molar-refractivity contribution in [3.8, 4) is 0 Å². The van der Waals surface area contributed by atoms with E-state index in [9.17, 15) is 9.59 Å². The molecule has 0 aliphatic carbocycles. The van der Waals surface area contributed by atoms with Crippen molar-refractivity contribution >= 4 is 35.0 Å². The molecule has 6 heteroatoms. The van der Waals surface area contributed by atoms with E-state index in [1.54, 1.807) is 30.0 Å². The zero-order valence-electron chi connectivity index (χ0n) is 18.8. The minimum Gasteiger partial charge on any atom is -0.354 e. The van der Waals surface area contributed by atoms with Gasteiger partial charge in [0.1, 0.15) is 6.04 Å². The van der Waals surface area contributed by atoms with Gasteiger partial charge in [0.15, 0.2) is 0 Å². The molecule has 168 valence electrons. The minimum atomic E-state index is -0.630. The Balaban J connectivity index is 2.17. The first-order valence-electron chi connectivity index (χ1n) is 10.8. The molecule has 2 rings (SSSR count). The second-order valence-corrected chi connectivity index (χ2v) is 8.90. The molecule has 0 aliphatic rings. The summed E-state index contributed by atoms with van der Waals surface area (Å²) in [5.41, 5.74) is 3.01. The van der Waals surface area contributed by atoms with Gasteiger partial charge < -0.3 is 10.2 Å². The quantitative estimate of drug-likeness (QED) is 0.470. The van der Waals surface area contributed by atoms with Crippen molar-refractivity contribution in [1.29, 1.82) is 0 Å². The van der Waals surface area contributed by atoms with E-state index >= 15 is 0 Å². The van der Waals surface area contributed by atoms with Crippen LogP contribution in [0.25, 0.3) is 0 Å². The number of nitrogens with zero attached hydrogens (tertiary/aromatic N) is 1. The Hall–Kier alpha value is -2.04. The van der Waals surface area contributed by atoms with Crippen molar-refractivity contribution in [2.75, 3.05) is 6.54 Å². The molecule has 0 unspecified atom stereocenters. The summed E-state index contributed by atoms with van der Waals surface area (Å²) in [6.07, 6.45) is 1.73. The molecule has 2 aromatic carbocycles. The summed E-state index contributed by atoms with van der Waals surface area (Å²) in [6.45, 7) is 8.79. The van der Waals surface area contributed by atoms with E-state index in [-0.39, 0.29) is 18.4 Å². The van der Waals surface area contributed by atoms with E-state index in [1.807, 2.05) is 6.92 Å². The van der Waals surface area contributed by atoms with E-state index < -0.39 is 6.04 Å². The molecule has 1 atom stereocenters. The Labute approximate surface area is 195 Å². The molecule has 0 radical (unpaired) electrons. The molecular formula is C25H32Cl2N2O2. The molecule has 0 bridgehead atoms. The van der Waals surface area contributed by atoms with Gasteiger partial charge in [0.25, 0.3) is 0 Å². The lowest BCUT2D eigenvalue weighted by atomic mass is 10.00. The highest BCUT2D eigenvalue weighted by Crippen LogP contribution is 2.27. The van der Waals surface area contributed by atoms with E-state index in [0.717, 1.165) is 12.0 Å². The third-order valence-corrected chi connectivity index (χ3v) is 6.09. The van der Waals surface area contributed by atoms with Gasteiger partial charge in [-0.15, -0.1) is 0 Å². The smallest absolute Gasteiger partial charge is 0.242 e. The number of aryl methyl sites for hydroxylation is 1. The van der Waals surface area contributed by atoms with Crippen LogP contribution >= 0.6 is 23.2 Å². The van der Waals surface area contributed by atoms with Gasteiger partial charge in [-0.1, -0.05) is 74.3 Å². The summed E-state index contributed by atoms with van der Waals surface area (Å²) in [7, 11) is 0. The molecular weight excluding hydrogens is 431 g/mol. The van der Waals surface area contributed by atoms with Crippen molar-refractivity contribution < 1.29 is 9.59 Å². The van der Waals surface area contributed by atoms with Crippen LogP contribution in [0.3, 0.4) is 0 Å². The third kappa shape index (κ3) is 7.26.